The van der Waals surface area contributed by atoms with E-state index in [2.05, 4.69) is 0 Å². The van der Waals surface area contributed by atoms with Gasteiger partial charge in [-0.25, -0.2) is 4.68 Å². The molecule has 1 aromatic carbocycles. The first-order valence-electron chi connectivity index (χ1n) is 9.95. The molecule has 1 aliphatic rings. The van der Waals surface area contributed by atoms with Crippen molar-refractivity contribution in [2.24, 2.45) is 0 Å². The molecule has 1 aliphatic heterocycles. The van der Waals surface area contributed by atoms with E-state index in [-0.39, 0.29) is 0 Å². The van der Waals surface area contributed by atoms with Gasteiger partial charge in [-0.3, -0.25) is 0 Å². The molecule has 0 N–H and O–H groups in total. The van der Waals surface area contributed by atoms with E-state index in [1.54, 1.807) is 22.7 Å². The van der Waals surface area contributed by atoms with Crippen molar-refractivity contribution in [1.82, 2.24) is 18.4 Å². The largest absolute Gasteiger partial charge is 0.282 e. The van der Waals surface area contributed by atoms with Crippen LogP contribution in [0.4, 0.5) is 0 Å². The first-order chi connectivity index (χ1) is 14.1. The Morgan fingerprint density at radius 2 is 1.76 bits per heavy atom. The third kappa shape index (κ3) is 4.45. The van der Waals surface area contributed by atoms with Crippen LogP contribution in [0.3, 0.4) is 0 Å². The topological polar surface area (TPSA) is 58.4 Å². The zero-order chi connectivity index (χ0) is 20.3. The lowest BCUT2D eigenvalue weighted by Crippen LogP contribution is -2.42. The van der Waals surface area contributed by atoms with Gasteiger partial charge in [-0.1, -0.05) is 37.1 Å². The number of thiophene rings is 1. The lowest BCUT2D eigenvalue weighted by Gasteiger charge is -2.26. The fourth-order valence-corrected chi connectivity index (χ4v) is 5.81. The van der Waals surface area contributed by atoms with Gasteiger partial charge in [0.25, 0.3) is 10.2 Å². The van der Waals surface area contributed by atoms with Gasteiger partial charge in [0.2, 0.25) is 0 Å². The summed E-state index contributed by atoms with van der Waals surface area (Å²) in [5.74, 6) is 0. The van der Waals surface area contributed by atoms with Crippen LogP contribution in [0.5, 0.6) is 0 Å². The predicted molar refractivity (Wildman–Crippen MR) is 117 cm³/mol. The molecule has 0 amide bonds. The van der Waals surface area contributed by atoms with Crippen LogP contribution in [-0.4, -0.2) is 46.9 Å². The zero-order valence-corrected chi connectivity index (χ0v) is 18.2. The van der Waals surface area contributed by atoms with Gasteiger partial charge in [-0.15, -0.1) is 11.3 Å². The van der Waals surface area contributed by atoms with Gasteiger partial charge in [0.15, 0.2) is 0 Å². The van der Waals surface area contributed by atoms with Crippen LogP contribution in [-0.2, 0) is 16.8 Å². The Labute approximate surface area is 176 Å². The minimum absolute atomic E-state index is 0.291. The van der Waals surface area contributed by atoms with Gasteiger partial charge in [-0.2, -0.15) is 22.1 Å². The van der Waals surface area contributed by atoms with Gasteiger partial charge >= 0.3 is 0 Å². The minimum Gasteiger partial charge on any atom is -0.240 e. The standard InChI is InChI=1S/C21H26N4O2S2/c1-23(29(26,27)24-13-7-2-3-8-14-24)16-18-17-25(19-10-5-4-6-11-19)22-21(18)20-12-9-15-28-20/h4-6,9-12,15,17H,2-3,7-8,13-14,16H2,1H3. The molecule has 1 fully saturated rings. The highest BCUT2D eigenvalue weighted by molar-refractivity contribution is 7.86. The van der Waals surface area contributed by atoms with E-state index in [1.165, 1.54) is 4.31 Å². The molecule has 6 nitrogen and oxygen atoms in total. The molecule has 0 atom stereocenters. The van der Waals surface area contributed by atoms with Crippen LogP contribution in [0.1, 0.15) is 31.2 Å². The fraction of sp³-hybridized carbons (Fsp3) is 0.381. The third-order valence-electron chi connectivity index (χ3n) is 5.24. The van der Waals surface area contributed by atoms with Crippen molar-refractivity contribution < 1.29 is 8.42 Å². The van der Waals surface area contributed by atoms with E-state index in [0.29, 0.717) is 19.6 Å². The molecular formula is C21H26N4O2S2. The van der Waals surface area contributed by atoms with E-state index in [4.69, 9.17) is 5.10 Å². The van der Waals surface area contributed by atoms with Crippen molar-refractivity contribution >= 4 is 21.5 Å². The second-order valence-corrected chi connectivity index (χ2v) is 10.3. The Balaban J connectivity index is 1.64. The van der Waals surface area contributed by atoms with E-state index in [1.807, 2.05) is 58.7 Å². The molecule has 154 valence electrons. The highest BCUT2D eigenvalue weighted by atomic mass is 32.2. The van der Waals surface area contributed by atoms with Crippen LogP contribution in [0.25, 0.3) is 16.3 Å². The average molecular weight is 431 g/mol. The molecule has 0 bridgehead atoms. The second kappa shape index (κ2) is 8.79. The summed E-state index contributed by atoms with van der Waals surface area (Å²) in [6.07, 6.45) is 6.00. The number of nitrogens with zero attached hydrogens (tertiary/aromatic N) is 4. The first-order valence-corrected chi connectivity index (χ1v) is 12.2. The number of hydrogen-bond donors (Lipinski definition) is 0. The van der Waals surface area contributed by atoms with Crippen molar-refractivity contribution in [3.8, 4) is 16.3 Å². The summed E-state index contributed by atoms with van der Waals surface area (Å²) in [5.41, 5.74) is 2.69. The Morgan fingerprint density at radius 3 is 2.41 bits per heavy atom. The molecular weight excluding hydrogens is 404 g/mol. The fourth-order valence-electron chi connectivity index (χ4n) is 3.65. The molecule has 4 rings (SSSR count). The molecule has 0 saturated carbocycles. The number of para-hydroxylation sites is 1. The molecule has 3 heterocycles. The summed E-state index contributed by atoms with van der Waals surface area (Å²) in [6.45, 7) is 1.50. The van der Waals surface area contributed by atoms with Gasteiger partial charge < -0.3 is 0 Å². The summed E-state index contributed by atoms with van der Waals surface area (Å²) < 4.78 is 31.2. The second-order valence-electron chi connectivity index (χ2n) is 7.34. The van der Waals surface area contributed by atoms with Crippen molar-refractivity contribution in [2.75, 3.05) is 20.1 Å². The normalized spacial score (nSPS) is 16.2. The van der Waals surface area contributed by atoms with Crippen LogP contribution < -0.4 is 0 Å². The maximum Gasteiger partial charge on any atom is 0.282 e. The third-order valence-corrected chi connectivity index (χ3v) is 8.05. The first kappa shape index (κ1) is 20.3. The predicted octanol–water partition coefficient (Wildman–Crippen LogP) is 4.15. The summed E-state index contributed by atoms with van der Waals surface area (Å²) in [5, 5.41) is 6.79. The van der Waals surface area contributed by atoms with E-state index < -0.39 is 10.2 Å². The number of rotatable bonds is 6. The summed E-state index contributed by atoms with van der Waals surface area (Å²) in [7, 11) is -1.83. The Kier molecular flexibility index (Phi) is 6.15. The quantitative estimate of drug-likeness (QED) is 0.590. The zero-order valence-electron chi connectivity index (χ0n) is 16.6. The molecule has 29 heavy (non-hydrogen) atoms. The average Bonchev–Trinajstić information content (AvgIpc) is 3.31. The van der Waals surface area contributed by atoms with E-state index in [0.717, 1.165) is 47.5 Å². The molecule has 0 radical (unpaired) electrons. The van der Waals surface area contributed by atoms with Crippen LogP contribution >= 0.6 is 11.3 Å². The molecule has 0 aliphatic carbocycles. The molecule has 1 saturated heterocycles. The minimum atomic E-state index is -3.49. The van der Waals surface area contributed by atoms with Crippen LogP contribution in [0.2, 0.25) is 0 Å². The molecule has 0 spiro atoms. The van der Waals surface area contributed by atoms with Gasteiger partial charge in [-0.05, 0) is 36.4 Å². The van der Waals surface area contributed by atoms with Crippen molar-refractivity contribution in [1.29, 1.82) is 0 Å². The van der Waals surface area contributed by atoms with E-state index >= 15 is 0 Å². The smallest absolute Gasteiger partial charge is 0.240 e. The van der Waals surface area contributed by atoms with Crippen molar-refractivity contribution in [3.63, 3.8) is 0 Å². The lowest BCUT2D eigenvalue weighted by molar-refractivity contribution is 0.363. The highest BCUT2D eigenvalue weighted by Crippen LogP contribution is 2.29. The highest BCUT2D eigenvalue weighted by Gasteiger charge is 2.28. The van der Waals surface area contributed by atoms with Crippen LogP contribution in [0, 0.1) is 0 Å². The summed E-state index contributed by atoms with van der Waals surface area (Å²) >= 11 is 1.61. The SMILES string of the molecule is CN(Cc1cn(-c2ccccc2)nc1-c1cccs1)S(=O)(=O)N1CCCCCC1. The van der Waals surface area contributed by atoms with Crippen molar-refractivity contribution in [3.05, 3.63) is 59.6 Å². The number of benzene rings is 1. The Hall–Kier alpha value is -2.00. The Morgan fingerprint density at radius 1 is 1.03 bits per heavy atom. The lowest BCUT2D eigenvalue weighted by atomic mass is 10.2. The summed E-state index contributed by atoms with van der Waals surface area (Å²) in [4.78, 5) is 1.04. The monoisotopic (exact) mass is 430 g/mol. The number of hydrogen-bond acceptors (Lipinski definition) is 4. The summed E-state index contributed by atoms with van der Waals surface area (Å²) in [6, 6.07) is 13.9. The maximum absolute atomic E-state index is 13.1. The van der Waals surface area contributed by atoms with Crippen LogP contribution in [0.15, 0.2) is 54.0 Å². The van der Waals surface area contributed by atoms with Gasteiger partial charge in [0.05, 0.1) is 10.6 Å². The van der Waals surface area contributed by atoms with Gasteiger partial charge in [0, 0.05) is 38.4 Å². The van der Waals surface area contributed by atoms with Crippen molar-refractivity contribution in [2.45, 2.75) is 32.2 Å². The maximum atomic E-state index is 13.1. The molecule has 3 aromatic rings. The number of aromatic nitrogens is 2. The molecule has 0 unspecified atom stereocenters. The van der Waals surface area contributed by atoms with E-state index in [9.17, 15) is 8.42 Å². The Bertz CT molecular complexity index is 1020. The van der Waals surface area contributed by atoms with Gasteiger partial charge in [0.1, 0.15) is 5.69 Å². The molecule has 2 aromatic heterocycles. The molecule has 8 heteroatoms.